The van der Waals surface area contributed by atoms with Crippen LogP contribution in [0.5, 0.6) is 0 Å². The summed E-state index contributed by atoms with van der Waals surface area (Å²) in [4.78, 5) is 25.9. The number of hydrogen-bond donors (Lipinski definition) is 1. The van der Waals surface area contributed by atoms with Gasteiger partial charge < -0.3 is 9.55 Å². The lowest BCUT2D eigenvalue weighted by molar-refractivity contribution is 0.0751. The number of aromatic nitrogens is 4. The van der Waals surface area contributed by atoms with Gasteiger partial charge in [-0.2, -0.15) is 0 Å². The molecular weight excluding hydrogens is 360 g/mol. The van der Waals surface area contributed by atoms with E-state index < -0.39 is 0 Å². The molecule has 1 aliphatic rings. The second-order valence-electron chi connectivity index (χ2n) is 8.25. The van der Waals surface area contributed by atoms with Gasteiger partial charge in [-0.15, -0.1) is 0 Å². The number of aromatic amines is 1. The Morgan fingerprint density at radius 2 is 1.90 bits per heavy atom. The van der Waals surface area contributed by atoms with E-state index in [2.05, 4.69) is 33.6 Å². The van der Waals surface area contributed by atoms with Crippen molar-refractivity contribution in [2.75, 3.05) is 0 Å². The molecule has 0 radical (unpaired) electrons. The maximum absolute atomic E-state index is 13.4. The number of Topliss-reactive ketones (excluding diaryl/α,β-unsaturated/α-hetero) is 1. The lowest BCUT2D eigenvalue weighted by Gasteiger charge is -2.31. The standard InChI is InChI=1S/C24H24N4O/c1-24(10-3-2-4-11-24)22(29)19-15-25-23-21(19)27-20(16-26-23)17-8-7-9-18(14-17)28-12-5-6-13-28/h5-9,12-16H,2-4,10-11H2,1H3,(H,25,26). The molecule has 3 aromatic heterocycles. The Bertz CT molecular complexity index is 1170. The van der Waals surface area contributed by atoms with E-state index in [9.17, 15) is 4.79 Å². The Hall–Kier alpha value is -3.21. The molecule has 0 unspecified atom stereocenters. The van der Waals surface area contributed by atoms with E-state index in [0.717, 1.165) is 42.6 Å². The van der Waals surface area contributed by atoms with Crippen molar-refractivity contribution in [1.82, 2.24) is 19.5 Å². The summed E-state index contributed by atoms with van der Waals surface area (Å²) in [5.74, 6) is 0.191. The molecule has 5 heteroatoms. The SMILES string of the molecule is CC1(C(=O)c2c[nH]c3ncc(-c4cccc(-n5cccc5)c4)nc23)CCCCC1. The maximum atomic E-state index is 13.4. The number of nitrogens with one attached hydrogen (secondary N) is 1. The minimum atomic E-state index is -0.292. The lowest BCUT2D eigenvalue weighted by atomic mass is 9.71. The zero-order valence-corrected chi connectivity index (χ0v) is 16.6. The minimum absolute atomic E-state index is 0.191. The predicted molar refractivity (Wildman–Crippen MR) is 114 cm³/mol. The highest BCUT2D eigenvalue weighted by Crippen LogP contribution is 2.39. The van der Waals surface area contributed by atoms with Crippen molar-refractivity contribution in [2.45, 2.75) is 39.0 Å². The van der Waals surface area contributed by atoms with Crippen LogP contribution in [0.2, 0.25) is 0 Å². The third kappa shape index (κ3) is 3.16. The summed E-state index contributed by atoms with van der Waals surface area (Å²) in [6, 6.07) is 12.2. The summed E-state index contributed by atoms with van der Waals surface area (Å²) in [6.45, 7) is 2.10. The Morgan fingerprint density at radius 3 is 2.69 bits per heavy atom. The molecule has 1 aromatic carbocycles. The molecular formula is C24H24N4O. The zero-order chi connectivity index (χ0) is 19.8. The highest BCUT2D eigenvalue weighted by Gasteiger charge is 2.36. The summed E-state index contributed by atoms with van der Waals surface area (Å²) in [7, 11) is 0. The van der Waals surface area contributed by atoms with Crippen LogP contribution in [-0.2, 0) is 0 Å². The molecule has 0 aliphatic heterocycles. The molecule has 3 heterocycles. The van der Waals surface area contributed by atoms with Gasteiger partial charge in [-0.25, -0.2) is 9.97 Å². The van der Waals surface area contributed by atoms with Crippen LogP contribution in [0.1, 0.15) is 49.4 Å². The van der Waals surface area contributed by atoms with E-state index in [0.29, 0.717) is 16.7 Å². The molecule has 146 valence electrons. The van der Waals surface area contributed by atoms with Crippen molar-refractivity contribution in [3.05, 3.63) is 66.7 Å². The van der Waals surface area contributed by atoms with Crippen molar-refractivity contribution < 1.29 is 4.79 Å². The summed E-state index contributed by atoms with van der Waals surface area (Å²) in [5.41, 5.74) is 4.53. The van der Waals surface area contributed by atoms with Crippen LogP contribution in [0.15, 0.2) is 61.2 Å². The van der Waals surface area contributed by atoms with E-state index in [1.165, 1.54) is 6.42 Å². The van der Waals surface area contributed by atoms with Gasteiger partial charge in [-0.05, 0) is 37.1 Å². The average Bonchev–Trinajstić information content (AvgIpc) is 3.43. The highest BCUT2D eigenvalue weighted by atomic mass is 16.1. The number of nitrogens with zero attached hydrogens (tertiary/aromatic N) is 3. The number of ketones is 1. The summed E-state index contributed by atoms with van der Waals surface area (Å²) >= 11 is 0. The van der Waals surface area contributed by atoms with Crippen molar-refractivity contribution in [3.8, 4) is 16.9 Å². The molecule has 5 nitrogen and oxygen atoms in total. The predicted octanol–water partition coefficient (Wildman–Crippen LogP) is 5.57. The van der Waals surface area contributed by atoms with Crippen LogP contribution in [0.25, 0.3) is 28.1 Å². The van der Waals surface area contributed by atoms with Gasteiger partial charge in [-0.3, -0.25) is 4.79 Å². The molecule has 1 aliphatic carbocycles. The number of hydrogen-bond acceptors (Lipinski definition) is 3. The van der Waals surface area contributed by atoms with Crippen LogP contribution in [0.3, 0.4) is 0 Å². The van der Waals surface area contributed by atoms with Crippen LogP contribution in [0, 0.1) is 5.41 Å². The molecule has 1 saturated carbocycles. The Labute approximate surface area is 169 Å². The van der Waals surface area contributed by atoms with Crippen LogP contribution in [0.4, 0.5) is 0 Å². The number of H-pyrrole nitrogens is 1. The average molecular weight is 384 g/mol. The molecule has 0 amide bonds. The minimum Gasteiger partial charge on any atom is -0.344 e. The summed E-state index contributed by atoms with van der Waals surface area (Å²) < 4.78 is 2.06. The smallest absolute Gasteiger partial charge is 0.172 e. The first kappa shape index (κ1) is 17.9. The fraction of sp³-hybridized carbons (Fsp3) is 0.292. The third-order valence-corrected chi connectivity index (χ3v) is 6.18. The topological polar surface area (TPSA) is 63.6 Å². The van der Waals surface area contributed by atoms with Crippen molar-refractivity contribution >= 4 is 16.9 Å². The molecule has 0 atom stereocenters. The lowest BCUT2D eigenvalue weighted by Crippen LogP contribution is -2.30. The molecule has 1 fully saturated rings. The number of fused-ring (bicyclic) bond motifs is 1. The first-order chi connectivity index (χ1) is 14.1. The molecule has 5 rings (SSSR count). The van der Waals surface area contributed by atoms with Crippen LogP contribution in [-0.4, -0.2) is 25.3 Å². The molecule has 1 N–H and O–H groups in total. The van der Waals surface area contributed by atoms with Crippen molar-refractivity contribution in [2.24, 2.45) is 5.41 Å². The van der Waals surface area contributed by atoms with Gasteiger partial charge in [0, 0.05) is 35.3 Å². The zero-order valence-electron chi connectivity index (χ0n) is 16.6. The Kier molecular flexibility index (Phi) is 4.31. The van der Waals surface area contributed by atoms with Gasteiger partial charge in [-0.1, -0.05) is 38.3 Å². The normalized spacial score (nSPS) is 16.2. The summed E-state index contributed by atoms with van der Waals surface area (Å²) in [5, 5.41) is 0. The molecule has 29 heavy (non-hydrogen) atoms. The fourth-order valence-corrected chi connectivity index (χ4v) is 4.42. The second-order valence-corrected chi connectivity index (χ2v) is 8.25. The van der Waals surface area contributed by atoms with Crippen molar-refractivity contribution in [1.29, 1.82) is 0 Å². The van der Waals surface area contributed by atoms with Gasteiger partial charge >= 0.3 is 0 Å². The number of benzene rings is 1. The first-order valence-electron chi connectivity index (χ1n) is 10.3. The van der Waals surface area contributed by atoms with Gasteiger partial charge in [0.2, 0.25) is 0 Å². The largest absolute Gasteiger partial charge is 0.344 e. The molecule has 0 saturated heterocycles. The molecule has 0 spiro atoms. The first-order valence-corrected chi connectivity index (χ1v) is 10.3. The third-order valence-electron chi connectivity index (χ3n) is 6.18. The highest BCUT2D eigenvalue weighted by molar-refractivity contribution is 6.08. The quantitative estimate of drug-likeness (QED) is 0.468. The van der Waals surface area contributed by atoms with E-state index >= 15 is 0 Å². The van der Waals surface area contributed by atoms with E-state index in [1.54, 1.807) is 12.4 Å². The summed E-state index contributed by atoms with van der Waals surface area (Å²) in [6.07, 6.45) is 12.9. The number of carbonyl (C=O) groups is 1. The molecule has 0 bridgehead atoms. The monoisotopic (exact) mass is 384 g/mol. The van der Waals surface area contributed by atoms with Crippen LogP contribution >= 0.6 is 0 Å². The number of rotatable bonds is 4. The van der Waals surface area contributed by atoms with E-state index in [4.69, 9.17) is 4.98 Å². The van der Waals surface area contributed by atoms with E-state index in [-0.39, 0.29) is 11.2 Å². The maximum Gasteiger partial charge on any atom is 0.172 e. The van der Waals surface area contributed by atoms with Crippen molar-refractivity contribution in [3.63, 3.8) is 0 Å². The van der Waals surface area contributed by atoms with Crippen LogP contribution < -0.4 is 0 Å². The number of carbonyl (C=O) groups excluding carboxylic acids is 1. The van der Waals surface area contributed by atoms with Gasteiger partial charge in [0.1, 0.15) is 5.52 Å². The van der Waals surface area contributed by atoms with E-state index in [1.807, 2.05) is 36.7 Å². The Morgan fingerprint density at radius 1 is 1.10 bits per heavy atom. The Balaban J connectivity index is 1.55. The van der Waals surface area contributed by atoms with Gasteiger partial charge in [0.15, 0.2) is 11.4 Å². The fourth-order valence-electron chi connectivity index (χ4n) is 4.42. The van der Waals surface area contributed by atoms with Gasteiger partial charge in [0.05, 0.1) is 17.5 Å². The molecule has 4 aromatic rings. The second kappa shape index (κ2) is 6.99. The van der Waals surface area contributed by atoms with Gasteiger partial charge in [0.25, 0.3) is 0 Å².